The van der Waals surface area contributed by atoms with E-state index in [-0.39, 0.29) is 17.4 Å². The first-order valence-electron chi connectivity index (χ1n) is 8.92. The number of nitrogens with zero attached hydrogens (tertiary/aromatic N) is 1. The SMILES string of the molecule is Cc1ccc(C2CN(C(=O)c3ccc(C(C)(C)C)cc3)CCO2)cc1. The molecule has 3 heteroatoms. The van der Waals surface area contributed by atoms with Gasteiger partial charge in [-0.2, -0.15) is 0 Å². The summed E-state index contributed by atoms with van der Waals surface area (Å²) in [6, 6.07) is 16.4. The minimum absolute atomic E-state index is 0.0489. The summed E-state index contributed by atoms with van der Waals surface area (Å²) < 4.78 is 5.89. The number of carbonyl (C=O) groups excluding carboxylic acids is 1. The van der Waals surface area contributed by atoms with Crippen molar-refractivity contribution in [2.75, 3.05) is 19.7 Å². The average molecular weight is 337 g/mol. The summed E-state index contributed by atoms with van der Waals surface area (Å²) in [6.45, 7) is 10.4. The molecule has 0 spiro atoms. The van der Waals surface area contributed by atoms with Gasteiger partial charge in [-0.3, -0.25) is 4.79 Å². The molecule has 132 valence electrons. The lowest BCUT2D eigenvalue weighted by molar-refractivity contribution is -0.0228. The van der Waals surface area contributed by atoms with Gasteiger partial charge in [0.25, 0.3) is 5.91 Å². The van der Waals surface area contributed by atoms with Crippen LogP contribution in [0.3, 0.4) is 0 Å². The van der Waals surface area contributed by atoms with Gasteiger partial charge in [0.05, 0.1) is 13.2 Å². The summed E-state index contributed by atoms with van der Waals surface area (Å²) in [7, 11) is 0. The Hall–Kier alpha value is -2.13. The van der Waals surface area contributed by atoms with Crippen molar-refractivity contribution in [3.63, 3.8) is 0 Å². The summed E-state index contributed by atoms with van der Waals surface area (Å²) in [4.78, 5) is 14.8. The molecule has 0 saturated carbocycles. The number of hydrogen-bond acceptors (Lipinski definition) is 2. The fourth-order valence-electron chi connectivity index (χ4n) is 3.11. The molecule has 0 radical (unpaired) electrons. The van der Waals surface area contributed by atoms with Crippen LogP contribution in [0.4, 0.5) is 0 Å². The molecule has 0 aromatic heterocycles. The van der Waals surface area contributed by atoms with E-state index < -0.39 is 0 Å². The van der Waals surface area contributed by atoms with Crippen LogP contribution < -0.4 is 0 Å². The van der Waals surface area contributed by atoms with Gasteiger partial charge in [0.1, 0.15) is 6.10 Å². The summed E-state index contributed by atoms with van der Waals surface area (Å²) >= 11 is 0. The predicted molar refractivity (Wildman–Crippen MR) is 101 cm³/mol. The van der Waals surface area contributed by atoms with Crippen molar-refractivity contribution in [1.29, 1.82) is 0 Å². The molecule has 1 atom stereocenters. The molecule has 3 nitrogen and oxygen atoms in total. The Kier molecular flexibility index (Phi) is 4.96. The Morgan fingerprint density at radius 3 is 2.28 bits per heavy atom. The molecule has 1 amide bonds. The summed E-state index contributed by atoms with van der Waals surface area (Å²) in [6.07, 6.45) is -0.0489. The van der Waals surface area contributed by atoms with E-state index in [0.29, 0.717) is 19.7 Å². The first-order chi connectivity index (χ1) is 11.8. The van der Waals surface area contributed by atoms with Crippen molar-refractivity contribution in [2.24, 2.45) is 0 Å². The normalized spacial score (nSPS) is 18.2. The quantitative estimate of drug-likeness (QED) is 0.807. The largest absolute Gasteiger partial charge is 0.370 e. The number of hydrogen-bond donors (Lipinski definition) is 0. The van der Waals surface area contributed by atoms with Gasteiger partial charge in [0, 0.05) is 12.1 Å². The summed E-state index contributed by atoms with van der Waals surface area (Å²) in [5, 5.41) is 0. The van der Waals surface area contributed by atoms with Crippen LogP contribution in [0.15, 0.2) is 48.5 Å². The van der Waals surface area contributed by atoms with Crippen LogP contribution in [0.2, 0.25) is 0 Å². The molecule has 25 heavy (non-hydrogen) atoms. The van der Waals surface area contributed by atoms with Crippen LogP contribution >= 0.6 is 0 Å². The van der Waals surface area contributed by atoms with Crippen molar-refractivity contribution in [2.45, 2.75) is 39.2 Å². The number of morpholine rings is 1. The molecule has 3 rings (SSSR count). The Balaban J connectivity index is 1.72. The third kappa shape index (κ3) is 4.10. The van der Waals surface area contributed by atoms with E-state index in [9.17, 15) is 4.79 Å². The zero-order valence-electron chi connectivity index (χ0n) is 15.6. The highest BCUT2D eigenvalue weighted by Crippen LogP contribution is 2.25. The number of carbonyl (C=O) groups is 1. The van der Waals surface area contributed by atoms with Gasteiger partial charge in [-0.05, 0) is 35.6 Å². The van der Waals surface area contributed by atoms with Gasteiger partial charge in [-0.1, -0.05) is 62.7 Å². The lowest BCUT2D eigenvalue weighted by atomic mass is 9.86. The molecule has 1 unspecified atom stereocenters. The average Bonchev–Trinajstić information content (AvgIpc) is 2.61. The van der Waals surface area contributed by atoms with Gasteiger partial charge in [-0.25, -0.2) is 0 Å². The van der Waals surface area contributed by atoms with E-state index in [1.165, 1.54) is 11.1 Å². The van der Waals surface area contributed by atoms with Crippen LogP contribution in [0.25, 0.3) is 0 Å². The van der Waals surface area contributed by atoms with Gasteiger partial charge in [0.2, 0.25) is 0 Å². The molecule has 1 heterocycles. The zero-order valence-corrected chi connectivity index (χ0v) is 15.6. The number of amides is 1. The minimum atomic E-state index is -0.0489. The van der Waals surface area contributed by atoms with Crippen LogP contribution in [-0.2, 0) is 10.2 Å². The molecule has 1 aliphatic heterocycles. The maximum atomic E-state index is 12.9. The fourth-order valence-corrected chi connectivity index (χ4v) is 3.11. The highest BCUT2D eigenvalue weighted by atomic mass is 16.5. The minimum Gasteiger partial charge on any atom is -0.370 e. The lowest BCUT2D eigenvalue weighted by Gasteiger charge is -2.33. The Labute approximate surface area is 150 Å². The molecule has 0 bridgehead atoms. The maximum absolute atomic E-state index is 12.9. The molecular weight excluding hydrogens is 310 g/mol. The molecule has 1 saturated heterocycles. The van der Waals surface area contributed by atoms with E-state index in [1.807, 2.05) is 17.0 Å². The van der Waals surface area contributed by atoms with E-state index in [2.05, 4.69) is 64.1 Å². The second-order valence-electron chi connectivity index (χ2n) is 7.85. The van der Waals surface area contributed by atoms with Gasteiger partial charge in [0.15, 0.2) is 0 Å². The number of rotatable bonds is 2. The second-order valence-corrected chi connectivity index (χ2v) is 7.85. The monoisotopic (exact) mass is 337 g/mol. The third-order valence-electron chi connectivity index (χ3n) is 4.80. The molecule has 0 N–H and O–H groups in total. The van der Waals surface area contributed by atoms with Crippen molar-refractivity contribution >= 4 is 5.91 Å². The predicted octanol–water partition coefficient (Wildman–Crippen LogP) is 4.51. The van der Waals surface area contributed by atoms with Gasteiger partial charge < -0.3 is 9.64 Å². The topological polar surface area (TPSA) is 29.5 Å². The summed E-state index contributed by atoms with van der Waals surface area (Å²) in [5.74, 6) is 0.0841. The van der Waals surface area contributed by atoms with Gasteiger partial charge in [-0.15, -0.1) is 0 Å². The first-order valence-corrected chi connectivity index (χ1v) is 8.92. The van der Waals surface area contributed by atoms with E-state index >= 15 is 0 Å². The molecule has 2 aromatic carbocycles. The zero-order chi connectivity index (χ0) is 18.0. The molecule has 0 aliphatic carbocycles. The number of ether oxygens (including phenoxy) is 1. The highest BCUT2D eigenvalue weighted by molar-refractivity contribution is 5.94. The first kappa shape index (κ1) is 17.7. The molecular formula is C22H27NO2. The molecule has 2 aromatic rings. The maximum Gasteiger partial charge on any atom is 0.254 e. The lowest BCUT2D eigenvalue weighted by Crippen LogP contribution is -2.42. The van der Waals surface area contributed by atoms with E-state index in [0.717, 1.165) is 11.1 Å². The highest BCUT2D eigenvalue weighted by Gasteiger charge is 2.26. The van der Waals surface area contributed by atoms with Crippen molar-refractivity contribution in [1.82, 2.24) is 4.90 Å². The fraction of sp³-hybridized carbons (Fsp3) is 0.409. The van der Waals surface area contributed by atoms with E-state index in [4.69, 9.17) is 4.74 Å². The smallest absolute Gasteiger partial charge is 0.254 e. The van der Waals surface area contributed by atoms with Crippen molar-refractivity contribution < 1.29 is 9.53 Å². The van der Waals surface area contributed by atoms with Gasteiger partial charge >= 0.3 is 0 Å². The molecule has 1 fully saturated rings. The van der Waals surface area contributed by atoms with Crippen molar-refractivity contribution in [3.05, 3.63) is 70.8 Å². The standard InChI is InChI=1S/C22H27NO2/c1-16-5-7-17(8-6-16)20-15-23(13-14-25-20)21(24)18-9-11-19(12-10-18)22(2,3)4/h5-12,20H,13-15H2,1-4H3. The van der Waals surface area contributed by atoms with Crippen LogP contribution in [0, 0.1) is 6.92 Å². The summed E-state index contributed by atoms with van der Waals surface area (Å²) in [5.41, 5.74) is 4.44. The second kappa shape index (κ2) is 7.01. The molecule has 1 aliphatic rings. The Morgan fingerprint density at radius 2 is 1.68 bits per heavy atom. The van der Waals surface area contributed by atoms with E-state index in [1.54, 1.807) is 0 Å². The van der Waals surface area contributed by atoms with Crippen LogP contribution in [0.5, 0.6) is 0 Å². The van der Waals surface area contributed by atoms with Crippen LogP contribution in [-0.4, -0.2) is 30.5 Å². The Morgan fingerprint density at radius 1 is 1.04 bits per heavy atom. The van der Waals surface area contributed by atoms with Crippen molar-refractivity contribution in [3.8, 4) is 0 Å². The number of aryl methyl sites for hydroxylation is 1. The van der Waals surface area contributed by atoms with Crippen LogP contribution in [0.1, 0.15) is 53.9 Å². The number of benzene rings is 2. The Bertz CT molecular complexity index is 726. The third-order valence-corrected chi connectivity index (χ3v) is 4.80.